The van der Waals surface area contributed by atoms with E-state index < -0.39 is 177 Å². The van der Waals surface area contributed by atoms with Crippen molar-refractivity contribution in [3.05, 3.63) is 108 Å². The molecule has 0 radical (unpaired) electrons. The molecule has 4 heterocycles. The Hall–Kier alpha value is -7.25. The largest absolute Gasteiger partial charge is 1.00 e. The third kappa shape index (κ3) is 18.1. The van der Waals surface area contributed by atoms with Crippen molar-refractivity contribution < 1.29 is 127 Å². The number of β-amino-alcohol motifs (C(OH)–C–C–N with tert-alkyl or cyclic N) is 1. The fraction of sp³-hybridized carbons (Fsp3) is 0.424. The Balaban J connectivity index is 0.0000120. The number of nitrogens with zero attached hydrogens (tertiary/aromatic N) is 4. The summed E-state index contributed by atoms with van der Waals surface area (Å²) in [4.78, 5) is 115. The SMILES string of the molecule is CCOCc1ccc(-c2ccc(-c3nnc(-c4ccc(C(=O)NC5CC(O)CNC(=O)C6C(O)C(C)CN6C(=O)C(C(O)CC(N)=O)NC(=O)C(C(O)Cc6ccc(O)c(OSOO[O-])c6)NC(=O)C6CC(O)CN6C(=O)C(C(C)O)NC5=O)cc4)s3)cc2)cc1.[Na+]. The van der Waals surface area contributed by atoms with Crippen LogP contribution in [0.15, 0.2) is 91.0 Å². The van der Waals surface area contributed by atoms with E-state index in [4.69, 9.17) is 14.7 Å². The standard InChI is InChI=1S/C59H70N10O20S2.Na/c1-4-86-27-30-5-8-32(9-6-30)33-10-14-35(15-11-33)56-66-67-57(90-56)36-16-12-34(13-17-36)51(78)62-39-21-37(71)24-61-55(82)49-50(77)28(2)25-69(49)59(84)48(43(75)23-45(60)76)65-54(81)47(42(74)19-31-7-18-41(73)44(20-31)87-91-89-88-85)64-53(80)40-22-38(72)26-68(40)58(83)46(29(3)70)63-52(39)79;/h5-18,20,28-29,37-40,42-43,46-50,70-75,77,85H,4,19,21-27H2,1-3H3,(H2,60,76)(H,61,82)(H,62,78)(H,63,79)(H,64,80)(H,65,81);/q;+1/p-1. The van der Waals surface area contributed by atoms with Gasteiger partial charge in [0, 0.05) is 68.1 Å². The van der Waals surface area contributed by atoms with Crippen molar-refractivity contribution in [2.45, 2.75) is 126 Å². The van der Waals surface area contributed by atoms with Gasteiger partial charge in [-0.2, -0.15) is 0 Å². The third-order valence-electron chi connectivity index (χ3n) is 15.5. The minimum absolute atomic E-state index is 0. The number of aliphatic hydroxyl groups excluding tert-OH is 6. The van der Waals surface area contributed by atoms with Crippen LogP contribution in [0.5, 0.6) is 11.5 Å². The minimum atomic E-state index is -2.23. The first-order chi connectivity index (χ1) is 43.4. The summed E-state index contributed by atoms with van der Waals surface area (Å²) in [6, 6.07) is 13.6. The molecule has 488 valence electrons. The third-order valence-corrected chi connectivity index (χ3v) is 16.9. The van der Waals surface area contributed by atoms with Gasteiger partial charge in [-0.25, -0.2) is 0 Å². The molecule has 33 heteroatoms. The van der Waals surface area contributed by atoms with E-state index in [1.165, 1.54) is 36.5 Å². The van der Waals surface area contributed by atoms with Crippen molar-refractivity contribution in [3.8, 4) is 43.8 Å². The predicted octanol–water partition coefficient (Wildman–Crippen LogP) is -5.23. The number of amides is 8. The van der Waals surface area contributed by atoms with Crippen LogP contribution in [0.4, 0.5) is 0 Å². The Labute approximate surface area is 556 Å². The maximum Gasteiger partial charge on any atom is 1.00 e. The molecule has 1 aromatic heterocycles. The second kappa shape index (κ2) is 33.0. The Kier molecular flexibility index (Phi) is 25.9. The summed E-state index contributed by atoms with van der Waals surface area (Å²) in [5, 5.41) is 114. The number of benzene rings is 4. The second-order valence-corrected chi connectivity index (χ2v) is 23.6. The number of hydrogen-bond acceptors (Lipinski definition) is 24. The van der Waals surface area contributed by atoms with Gasteiger partial charge in [0.05, 0.1) is 49.7 Å². The number of phenolic OH excluding ortho intramolecular Hbond substituents is 1. The van der Waals surface area contributed by atoms with Crippen LogP contribution in [0.2, 0.25) is 0 Å². The Morgan fingerprint density at radius 3 is 1.96 bits per heavy atom. The fourth-order valence-electron chi connectivity index (χ4n) is 10.7. The van der Waals surface area contributed by atoms with Crippen LogP contribution in [0.3, 0.4) is 0 Å². The van der Waals surface area contributed by atoms with Gasteiger partial charge in [-0.3, -0.25) is 43.4 Å². The molecule has 3 aliphatic heterocycles. The van der Waals surface area contributed by atoms with E-state index in [0.29, 0.717) is 28.8 Å². The number of primary amides is 1. The number of carbonyl (C=O) groups excluding carboxylic acids is 8. The van der Waals surface area contributed by atoms with Gasteiger partial charge in [-0.1, -0.05) is 85.0 Å². The van der Waals surface area contributed by atoms with Crippen molar-refractivity contribution in [1.82, 2.24) is 46.6 Å². The molecule has 3 fully saturated rings. The molecule has 92 heavy (non-hydrogen) atoms. The smallest absolute Gasteiger partial charge is 0.691 e. The number of fused-ring (bicyclic) bond motifs is 2. The van der Waals surface area contributed by atoms with E-state index in [2.05, 4.69) is 46.2 Å². The molecule has 3 aliphatic rings. The minimum Gasteiger partial charge on any atom is -0.691 e. The molecule has 0 aliphatic carbocycles. The molecule has 3 saturated heterocycles. The average Bonchev–Trinajstić information content (AvgIpc) is 1.63. The molecule has 13 unspecified atom stereocenters. The van der Waals surface area contributed by atoms with E-state index in [9.17, 15) is 79.4 Å². The zero-order valence-electron chi connectivity index (χ0n) is 50.2. The summed E-state index contributed by atoms with van der Waals surface area (Å²) in [6.45, 7) is 3.91. The molecule has 0 saturated carbocycles. The number of aromatic hydroxyl groups is 1. The molecule has 0 spiro atoms. The van der Waals surface area contributed by atoms with Gasteiger partial charge in [0.2, 0.25) is 41.4 Å². The summed E-state index contributed by atoms with van der Waals surface area (Å²) in [7, 11) is 0. The van der Waals surface area contributed by atoms with E-state index in [1.807, 2.05) is 55.5 Å². The number of hydrogen-bond donors (Lipinski definition) is 13. The zero-order valence-corrected chi connectivity index (χ0v) is 53.8. The van der Waals surface area contributed by atoms with Gasteiger partial charge in [0.15, 0.2) is 11.5 Å². The molecule has 0 bridgehead atoms. The van der Waals surface area contributed by atoms with Crippen molar-refractivity contribution in [1.29, 1.82) is 0 Å². The molecule has 5 aromatic rings. The van der Waals surface area contributed by atoms with Crippen LogP contribution >= 0.6 is 23.7 Å². The zero-order chi connectivity index (χ0) is 65.8. The van der Waals surface area contributed by atoms with Crippen LogP contribution in [-0.2, 0) is 60.7 Å². The summed E-state index contributed by atoms with van der Waals surface area (Å²) in [5.74, 6) is -11.2. The van der Waals surface area contributed by atoms with Crippen LogP contribution in [-0.4, -0.2) is 202 Å². The molecule has 4 aromatic carbocycles. The van der Waals surface area contributed by atoms with E-state index in [1.54, 1.807) is 12.1 Å². The van der Waals surface area contributed by atoms with Crippen LogP contribution in [0.25, 0.3) is 32.3 Å². The first-order valence-electron chi connectivity index (χ1n) is 28.7. The summed E-state index contributed by atoms with van der Waals surface area (Å²) in [5.41, 5.74) is 9.94. The van der Waals surface area contributed by atoms with Crippen LogP contribution in [0.1, 0.15) is 61.5 Å². The number of phenols is 1. The first-order valence-corrected chi connectivity index (χ1v) is 30.2. The molecule has 8 amide bonds. The van der Waals surface area contributed by atoms with Crippen molar-refractivity contribution in [3.63, 3.8) is 0 Å². The van der Waals surface area contributed by atoms with Gasteiger partial charge >= 0.3 is 29.6 Å². The quantitative estimate of drug-likeness (QED) is 0.0121. The number of aromatic nitrogens is 2. The Morgan fingerprint density at radius 2 is 1.34 bits per heavy atom. The number of aliphatic hydroxyl groups is 6. The number of ether oxygens (including phenoxy) is 1. The molecule has 8 rings (SSSR count). The predicted molar refractivity (Wildman–Crippen MR) is 319 cm³/mol. The van der Waals surface area contributed by atoms with Crippen molar-refractivity contribution in [2.75, 3.05) is 26.2 Å². The fourth-order valence-corrected chi connectivity index (χ4v) is 11.8. The summed E-state index contributed by atoms with van der Waals surface area (Å²) < 4.78 is 14.7. The number of carbonyl (C=O) groups is 8. The monoisotopic (exact) mass is 1320 g/mol. The molecule has 13 atom stereocenters. The first kappa shape index (κ1) is 72.2. The van der Waals surface area contributed by atoms with Gasteiger partial charge in [-0.15, -0.1) is 14.5 Å². The summed E-state index contributed by atoms with van der Waals surface area (Å²) in [6.07, 6.45) is -13.7. The van der Waals surface area contributed by atoms with Crippen LogP contribution < -0.4 is 71.3 Å². The Bertz CT molecular complexity index is 3410. The Morgan fingerprint density at radius 1 is 0.750 bits per heavy atom. The second-order valence-electron chi connectivity index (χ2n) is 22.2. The molecular formula is C59H69N10NaO20S2. The van der Waals surface area contributed by atoms with E-state index >= 15 is 0 Å². The molecular weight excluding hydrogens is 1260 g/mol. The number of nitrogens with two attached hydrogens (primary N) is 1. The van der Waals surface area contributed by atoms with E-state index in [0.717, 1.165) is 51.1 Å². The van der Waals surface area contributed by atoms with Crippen molar-refractivity contribution >= 4 is 70.9 Å². The molecule has 14 N–H and O–H groups in total. The van der Waals surface area contributed by atoms with E-state index in [-0.39, 0.29) is 58.8 Å². The average molecular weight is 1330 g/mol. The van der Waals surface area contributed by atoms with Gasteiger partial charge in [-0.05, 0) is 60.4 Å². The normalized spacial score (nSPS) is 24.5. The number of rotatable bonds is 19. The van der Waals surface area contributed by atoms with Crippen molar-refractivity contribution in [2.24, 2.45) is 11.7 Å². The summed E-state index contributed by atoms with van der Waals surface area (Å²) >= 11 is 1.29. The van der Waals surface area contributed by atoms with Gasteiger partial charge in [0.25, 0.3) is 18.2 Å². The topological polar surface area (TPSA) is 457 Å². The van der Waals surface area contributed by atoms with Gasteiger partial charge in [0.1, 0.15) is 46.3 Å². The maximum absolute atomic E-state index is 14.7. The van der Waals surface area contributed by atoms with Gasteiger partial charge < -0.3 is 92.0 Å². The maximum atomic E-state index is 14.7. The number of nitrogens with one attached hydrogen (secondary N) is 5. The molecule has 30 nitrogen and oxygen atoms in total. The van der Waals surface area contributed by atoms with Crippen LogP contribution in [0, 0.1) is 5.92 Å².